The van der Waals surface area contributed by atoms with E-state index in [1.165, 1.54) is 26.8 Å². The molecule has 3 unspecified atom stereocenters. The molecule has 1 aliphatic rings. The summed E-state index contributed by atoms with van der Waals surface area (Å²) in [5, 5.41) is 22.0. The van der Waals surface area contributed by atoms with E-state index in [-0.39, 0.29) is 0 Å². The van der Waals surface area contributed by atoms with Gasteiger partial charge in [-0.25, -0.2) is 13.6 Å². The number of carbonyl (C=O) groups excluding carboxylic acids is 1. The number of allylic oxidation sites excluding steroid dienone is 1. The van der Waals surface area contributed by atoms with Gasteiger partial charge in [0.2, 0.25) is 0 Å². The highest BCUT2D eigenvalue weighted by atomic mass is 19.4. The smallest absolute Gasteiger partial charge is 0.418 e. The van der Waals surface area contributed by atoms with Gasteiger partial charge in [0.05, 0.1) is 35.6 Å². The number of benzene rings is 1. The molecule has 0 radical (unpaired) electrons. The second-order valence-electron chi connectivity index (χ2n) is 7.70. The van der Waals surface area contributed by atoms with Gasteiger partial charge in [0.1, 0.15) is 17.9 Å². The topological polar surface area (TPSA) is 99.4 Å². The number of aliphatic carboxylic acids is 1. The van der Waals surface area contributed by atoms with E-state index >= 15 is 4.39 Å². The molecule has 11 heteroatoms. The van der Waals surface area contributed by atoms with Gasteiger partial charge in [0.15, 0.2) is 0 Å². The number of carbonyl (C=O) groups is 2. The SMILES string of the molecule is COC(=O)C1=C(CF)NC(C)C(C(=O)O)(C(C)C)C1c1c(F)ccc(C#N)c1C(F)(F)F. The molecule has 0 saturated heterocycles. The van der Waals surface area contributed by atoms with E-state index in [0.717, 1.165) is 7.11 Å². The van der Waals surface area contributed by atoms with Crippen LogP contribution >= 0.6 is 0 Å². The Morgan fingerprint density at radius 1 is 1.34 bits per heavy atom. The second-order valence-corrected chi connectivity index (χ2v) is 7.70. The standard InChI is InChI=1S/C21H21F5N2O4/c1-9(2)20(19(30)31)10(3)28-13(7-22)15(18(29)32-4)17(20)14-12(23)6-5-11(8-27)16(14)21(24,25)26/h5-6,9-10,17,28H,7H2,1-4H3,(H,30,31). The Bertz CT molecular complexity index is 1010. The highest BCUT2D eigenvalue weighted by molar-refractivity contribution is 5.94. The summed E-state index contributed by atoms with van der Waals surface area (Å²) in [5.41, 5.74) is -7.42. The minimum atomic E-state index is -5.28. The van der Waals surface area contributed by atoms with Gasteiger partial charge in [-0.05, 0) is 25.0 Å². The number of carboxylic acid groups (broad SMARTS) is 1. The molecule has 0 aromatic heterocycles. The Kier molecular flexibility index (Phi) is 6.87. The number of alkyl halides is 4. The summed E-state index contributed by atoms with van der Waals surface area (Å²) in [5.74, 6) is -7.52. The second kappa shape index (κ2) is 8.76. The number of nitriles is 1. The van der Waals surface area contributed by atoms with Crippen LogP contribution in [0.5, 0.6) is 0 Å². The van der Waals surface area contributed by atoms with E-state index in [1.54, 1.807) is 0 Å². The van der Waals surface area contributed by atoms with Crippen molar-refractivity contribution in [2.24, 2.45) is 11.3 Å². The molecule has 6 nitrogen and oxygen atoms in total. The van der Waals surface area contributed by atoms with Crippen molar-refractivity contribution in [1.82, 2.24) is 5.32 Å². The Labute approximate surface area is 180 Å². The molecule has 1 heterocycles. The third kappa shape index (κ3) is 3.67. The molecule has 1 aromatic rings. The zero-order valence-corrected chi connectivity index (χ0v) is 17.6. The van der Waals surface area contributed by atoms with Crippen LogP contribution in [0, 0.1) is 28.5 Å². The maximum Gasteiger partial charge on any atom is 0.418 e. The zero-order chi connectivity index (χ0) is 24.6. The number of hydrogen-bond acceptors (Lipinski definition) is 5. The van der Waals surface area contributed by atoms with Gasteiger partial charge in [0.25, 0.3) is 0 Å². The molecule has 0 amide bonds. The van der Waals surface area contributed by atoms with Crippen LogP contribution < -0.4 is 5.32 Å². The van der Waals surface area contributed by atoms with Crippen molar-refractivity contribution in [2.75, 3.05) is 13.8 Å². The molecule has 2 N–H and O–H groups in total. The quantitative estimate of drug-likeness (QED) is 0.511. The molecule has 0 aliphatic carbocycles. The van der Waals surface area contributed by atoms with Crippen molar-refractivity contribution < 1.29 is 41.4 Å². The van der Waals surface area contributed by atoms with Gasteiger partial charge in [-0.2, -0.15) is 18.4 Å². The molecule has 1 aliphatic heterocycles. The average Bonchev–Trinajstić information content (AvgIpc) is 2.70. The number of esters is 1. The van der Waals surface area contributed by atoms with Gasteiger partial charge in [-0.15, -0.1) is 0 Å². The predicted molar refractivity (Wildman–Crippen MR) is 101 cm³/mol. The van der Waals surface area contributed by atoms with Gasteiger partial charge < -0.3 is 15.2 Å². The summed E-state index contributed by atoms with van der Waals surface area (Å²) >= 11 is 0. The number of rotatable bonds is 5. The molecule has 3 atom stereocenters. The van der Waals surface area contributed by atoms with Crippen LogP contribution in [-0.4, -0.2) is 36.9 Å². The van der Waals surface area contributed by atoms with Gasteiger partial charge in [-0.3, -0.25) is 4.79 Å². The van der Waals surface area contributed by atoms with E-state index in [0.29, 0.717) is 12.1 Å². The lowest BCUT2D eigenvalue weighted by Crippen LogP contribution is -2.60. The summed E-state index contributed by atoms with van der Waals surface area (Å²) in [6.07, 6.45) is -5.28. The van der Waals surface area contributed by atoms with E-state index in [1.807, 2.05) is 0 Å². The first-order chi connectivity index (χ1) is 14.8. The monoisotopic (exact) mass is 460 g/mol. The fraction of sp³-hybridized carbons (Fsp3) is 0.476. The van der Waals surface area contributed by atoms with Gasteiger partial charge >= 0.3 is 18.1 Å². The lowest BCUT2D eigenvalue weighted by atomic mass is 9.56. The van der Waals surface area contributed by atoms with Crippen molar-refractivity contribution in [1.29, 1.82) is 5.26 Å². The van der Waals surface area contributed by atoms with Gasteiger partial charge in [-0.1, -0.05) is 13.8 Å². The van der Waals surface area contributed by atoms with Crippen LogP contribution in [0.3, 0.4) is 0 Å². The molecule has 1 aromatic carbocycles. The van der Waals surface area contributed by atoms with Crippen LogP contribution in [-0.2, 0) is 20.5 Å². The Morgan fingerprint density at radius 3 is 2.34 bits per heavy atom. The Hall–Kier alpha value is -3.16. The van der Waals surface area contributed by atoms with Gasteiger partial charge in [0, 0.05) is 17.5 Å². The number of ether oxygens (including phenoxy) is 1. The number of nitrogens with zero attached hydrogens (tertiary/aromatic N) is 1. The largest absolute Gasteiger partial charge is 0.481 e. The highest BCUT2D eigenvalue weighted by Crippen LogP contribution is 2.55. The molecular weight excluding hydrogens is 439 g/mol. The van der Waals surface area contributed by atoms with Crippen LogP contribution in [0.4, 0.5) is 22.0 Å². The molecule has 174 valence electrons. The van der Waals surface area contributed by atoms with E-state index in [4.69, 9.17) is 0 Å². The highest BCUT2D eigenvalue weighted by Gasteiger charge is 2.61. The Balaban J connectivity index is 3.22. The number of nitrogens with one attached hydrogen (secondary N) is 1. The molecule has 0 spiro atoms. The van der Waals surface area contributed by atoms with Crippen LogP contribution in [0.1, 0.15) is 43.4 Å². The third-order valence-electron chi connectivity index (χ3n) is 5.95. The lowest BCUT2D eigenvalue weighted by molar-refractivity contribution is -0.158. The van der Waals surface area contributed by atoms with Crippen molar-refractivity contribution in [2.45, 2.75) is 38.9 Å². The normalized spacial score (nSPS) is 23.5. The van der Waals surface area contributed by atoms with E-state index in [9.17, 15) is 37.5 Å². The van der Waals surface area contributed by atoms with Crippen molar-refractivity contribution in [3.05, 3.63) is 45.9 Å². The van der Waals surface area contributed by atoms with Crippen molar-refractivity contribution in [3.8, 4) is 6.07 Å². The maximum absolute atomic E-state index is 15.2. The Morgan fingerprint density at radius 2 is 1.94 bits per heavy atom. The zero-order valence-electron chi connectivity index (χ0n) is 17.6. The van der Waals surface area contributed by atoms with Crippen molar-refractivity contribution in [3.63, 3.8) is 0 Å². The van der Waals surface area contributed by atoms with Crippen LogP contribution in [0.25, 0.3) is 0 Å². The fourth-order valence-electron chi connectivity index (χ4n) is 4.63. The average molecular weight is 460 g/mol. The summed E-state index contributed by atoms with van der Waals surface area (Å²) in [6.45, 7) is 2.69. The number of halogens is 5. The number of methoxy groups -OCH3 is 1. The predicted octanol–water partition coefficient (Wildman–Crippen LogP) is 3.92. The maximum atomic E-state index is 15.2. The van der Waals surface area contributed by atoms with E-state index < -0.39 is 81.9 Å². The minimum Gasteiger partial charge on any atom is -0.481 e. The molecule has 2 rings (SSSR count). The number of carboxylic acids is 1. The summed E-state index contributed by atoms with van der Waals surface area (Å²) in [4.78, 5) is 25.3. The number of hydrogen-bond donors (Lipinski definition) is 2. The summed E-state index contributed by atoms with van der Waals surface area (Å²) < 4.78 is 75.9. The summed E-state index contributed by atoms with van der Waals surface area (Å²) in [6, 6.07) is 1.31. The summed E-state index contributed by atoms with van der Waals surface area (Å²) in [7, 11) is 0.880. The first-order valence-electron chi connectivity index (χ1n) is 9.47. The molecule has 0 bridgehead atoms. The third-order valence-corrected chi connectivity index (χ3v) is 5.95. The first kappa shape index (κ1) is 25.1. The first-order valence-corrected chi connectivity index (χ1v) is 9.47. The van der Waals surface area contributed by atoms with Crippen LogP contribution in [0.15, 0.2) is 23.4 Å². The molecule has 32 heavy (non-hydrogen) atoms. The van der Waals surface area contributed by atoms with Crippen LogP contribution in [0.2, 0.25) is 0 Å². The fourth-order valence-corrected chi connectivity index (χ4v) is 4.63. The molecule has 0 saturated carbocycles. The molecular formula is C21H21F5N2O4. The lowest BCUT2D eigenvalue weighted by Gasteiger charge is -2.50. The molecule has 0 fully saturated rings. The van der Waals surface area contributed by atoms with E-state index in [2.05, 4.69) is 10.1 Å². The minimum absolute atomic E-state index is 0.512. The van der Waals surface area contributed by atoms with Crippen molar-refractivity contribution >= 4 is 11.9 Å².